The normalized spacial score (nSPS) is 33.4. The summed E-state index contributed by atoms with van der Waals surface area (Å²) >= 11 is 4.69. The Hall–Kier alpha value is -2.50. The number of thiazole rings is 2. The van der Waals surface area contributed by atoms with E-state index in [2.05, 4.69) is 42.9 Å². The highest BCUT2D eigenvalue weighted by Gasteiger charge is 2.42. The van der Waals surface area contributed by atoms with Crippen molar-refractivity contribution in [2.45, 2.75) is 218 Å². The van der Waals surface area contributed by atoms with E-state index in [1.165, 1.54) is 22.9 Å². The van der Waals surface area contributed by atoms with E-state index < -0.39 is 74.1 Å². The van der Waals surface area contributed by atoms with Gasteiger partial charge in [0.2, 0.25) is 0 Å². The molecule has 67 heavy (non-hydrogen) atoms. The lowest BCUT2D eigenvalue weighted by Gasteiger charge is -2.35. The molecule has 4 N–H and O–H groups in total. The van der Waals surface area contributed by atoms with E-state index in [0.29, 0.717) is 12.8 Å². The fourth-order valence-corrected chi connectivity index (χ4v) is 12.9. The van der Waals surface area contributed by atoms with E-state index in [-0.39, 0.29) is 29.9 Å². The third-order valence-corrected chi connectivity index (χ3v) is 18.6. The maximum atomic E-state index is 13.3. The Balaban J connectivity index is 0.000000355. The second kappa shape index (κ2) is 27.2. The molecule has 4 heterocycles. The average molecular weight is 1010 g/mol. The number of cyclic esters (lactones) is 2. The van der Waals surface area contributed by atoms with Crippen LogP contribution in [0.2, 0.25) is 0 Å². The molecule has 0 bridgehead atoms. The SMILES string of the molecule is C/C1=C/C[C@@H](/C(C)=C/c2csc(C)n2)OC(=O)C[C@H](O)C(C)(C)S(=O)[C@H](C)[C@@H](O)[C@@H](C)CCC1.C/C1=C/C[C@@H](/C(C)=C/c2csc(C)n2)OC(=O)C[C@H](O)C(C)(C)S[C@H](C)[C@@H](O)[C@@H](C)CCC1. The maximum absolute atomic E-state index is 13.3. The summed E-state index contributed by atoms with van der Waals surface area (Å²) in [5.74, 6) is -0.796. The number of aromatic nitrogens is 2. The Morgan fingerprint density at radius 3 is 1.54 bits per heavy atom. The van der Waals surface area contributed by atoms with Gasteiger partial charge in [0.05, 0.1) is 68.7 Å². The Morgan fingerprint density at radius 1 is 0.701 bits per heavy atom. The standard InChI is InChI=1S/C26H41NO5S2.C26H41NO4S2/c1-16-9-8-10-17(2)25(30)19(4)34(31)26(6,7)23(28)14-24(29)32-22(12-11-16)18(3)13-21-15-33-20(5)27-21;1-16-9-8-10-17(2)25(30)19(4)33-26(6,7)23(28)14-24(29)31-22(12-11-16)18(3)13-21-15-32-20(5)27-21/h11,13,15,17,19,22-23,25,28,30H,8-10,12,14H2,1-7H3;11,13,15,17,19,22-23,25,28,30H,8-10,12,14H2,1-7H3/b2*16-11-,18-13+/t17-,19+,22-,23-,25-,34?;17-,19+,22-,23-,25-/m00/s1. The monoisotopic (exact) mass is 1010 g/mol. The summed E-state index contributed by atoms with van der Waals surface area (Å²) in [5.41, 5.74) is 5.98. The van der Waals surface area contributed by atoms with Gasteiger partial charge >= 0.3 is 11.9 Å². The van der Waals surface area contributed by atoms with Gasteiger partial charge in [-0.15, -0.1) is 34.4 Å². The van der Waals surface area contributed by atoms with Gasteiger partial charge in [0.15, 0.2) is 0 Å². The molecule has 0 aromatic carbocycles. The zero-order valence-corrected chi connectivity index (χ0v) is 45.9. The van der Waals surface area contributed by atoms with E-state index in [4.69, 9.17) is 9.47 Å². The molecule has 0 saturated carbocycles. The van der Waals surface area contributed by atoms with Gasteiger partial charge in [-0.2, -0.15) is 0 Å². The van der Waals surface area contributed by atoms with Crippen LogP contribution in [0.1, 0.15) is 169 Å². The van der Waals surface area contributed by atoms with E-state index in [1.807, 2.05) is 78.3 Å². The quantitative estimate of drug-likeness (QED) is 0.169. The number of allylic oxidation sites excluding steroid dienone is 2. The predicted molar refractivity (Wildman–Crippen MR) is 280 cm³/mol. The molecule has 0 fully saturated rings. The van der Waals surface area contributed by atoms with Crippen LogP contribution < -0.4 is 0 Å². The molecule has 0 saturated heterocycles. The summed E-state index contributed by atoms with van der Waals surface area (Å²) in [4.78, 5) is 34.6. The number of nitrogens with zero attached hydrogens (tertiary/aromatic N) is 2. The highest BCUT2D eigenvalue weighted by atomic mass is 32.2. The summed E-state index contributed by atoms with van der Waals surface area (Å²) in [7, 11) is -1.56. The number of rotatable bonds is 4. The molecule has 2 aliphatic rings. The van der Waals surface area contributed by atoms with Crippen molar-refractivity contribution in [1.82, 2.24) is 9.97 Å². The number of aryl methyl sites for hydroxylation is 2. The number of thioether (sulfide) groups is 1. The van der Waals surface area contributed by atoms with Gasteiger partial charge in [-0.25, -0.2) is 9.97 Å². The molecule has 2 aromatic heterocycles. The van der Waals surface area contributed by atoms with Gasteiger partial charge in [0.1, 0.15) is 12.2 Å². The summed E-state index contributed by atoms with van der Waals surface area (Å²) < 4.78 is 23.3. The van der Waals surface area contributed by atoms with Crippen molar-refractivity contribution in [3.05, 3.63) is 66.6 Å². The summed E-state index contributed by atoms with van der Waals surface area (Å²) in [6.45, 7) is 27.0. The van der Waals surface area contributed by atoms with Gasteiger partial charge in [-0.05, 0) is 150 Å². The van der Waals surface area contributed by atoms with Crippen molar-refractivity contribution in [3.63, 3.8) is 0 Å². The first-order chi connectivity index (χ1) is 31.2. The van der Waals surface area contributed by atoms with Crippen LogP contribution in [0.5, 0.6) is 0 Å². The maximum Gasteiger partial charge on any atom is 0.309 e. The molecule has 0 radical (unpaired) electrons. The van der Waals surface area contributed by atoms with Crippen LogP contribution in [0.25, 0.3) is 12.2 Å². The number of ether oxygens (including phenoxy) is 2. The minimum absolute atomic E-state index is 0.0166. The van der Waals surface area contributed by atoms with Gasteiger partial charge < -0.3 is 29.9 Å². The lowest BCUT2D eigenvalue weighted by Crippen LogP contribution is -2.49. The molecule has 0 aliphatic carbocycles. The molecule has 15 heteroatoms. The summed E-state index contributed by atoms with van der Waals surface area (Å²) in [5, 5.41) is 48.6. The molecule has 1 unspecified atom stereocenters. The lowest BCUT2D eigenvalue weighted by atomic mass is 9.94. The molecular weight excluding hydrogens is 925 g/mol. The van der Waals surface area contributed by atoms with Crippen LogP contribution in [0.4, 0.5) is 0 Å². The Kier molecular flexibility index (Phi) is 23.9. The van der Waals surface area contributed by atoms with Crippen molar-refractivity contribution >= 4 is 69.3 Å². The first kappa shape index (κ1) is 58.8. The van der Waals surface area contributed by atoms with Gasteiger partial charge in [-0.3, -0.25) is 13.8 Å². The Labute approximate surface area is 416 Å². The number of esters is 2. The lowest BCUT2D eigenvalue weighted by molar-refractivity contribution is -0.150. The Morgan fingerprint density at radius 2 is 1.12 bits per heavy atom. The summed E-state index contributed by atoms with van der Waals surface area (Å²) in [6.07, 6.45) is 10.3. The molecule has 0 amide bonds. The van der Waals surface area contributed by atoms with Crippen LogP contribution in [0, 0.1) is 25.7 Å². The molecule has 11 nitrogen and oxygen atoms in total. The first-order valence-corrected chi connectivity index (χ1v) is 27.8. The molecule has 0 spiro atoms. The van der Waals surface area contributed by atoms with Crippen LogP contribution in [-0.4, -0.2) is 103 Å². The van der Waals surface area contributed by atoms with Crippen LogP contribution in [0.3, 0.4) is 0 Å². The Bertz CT molecular complexity index is 2050. The average Bonchev–Trinajstić information content (AvgIpc) is 3.87. The molecule has 2 aliphatic heterocycles. The van der Waals surface area contributed by atoms with Crippen molar-refractivity contribution in [3.8, 4) is 0 Å². The largest absolute Gasteiger partial charge is 0.457 e. The third-order valence-electron chi connectivity index (χ3n) is 13.2. The smallest absolute Gasteiger partial charge is 0.309 e. The van der Waals surface area contributed by atoms with E-state index in [9.17, 15) is 34.2 Å². The zero-order valence-electron chi connectivity index (χ0n) is 42.7. The number of hydrogen-bond acceptors (Lipinski definition) is 14. The fourth-order valence-electron chi connectivity index (χ4n) is 8.28. The topological polar surface area (TPSA) is 176 Å². The second-order valence-corrected chi connectivity index (χ2v) is 26.6. The van der Waals surface area contributed by atoms with Gasteiger partial charge in [-0.1, -0.05) is 44.1 Å². The number of carbonyl (C=O) groups is 2. The second-order valence-electron chi connectivity index (χ2n) is 20.1. The van der Waals surface area contributed by atoms with Crippen molar-refractivity contribution in [2.24, 2.45) is 11.8 Å². The predicted octanol–water partition coefficient (Wildman–Crippen LogP) is 10.9. The van der Waals surface area contributed by atoms with Crippen molar-refractivity contribution in [1.29, 1.82) is 0 Å². The zero-order chi connectivity index (χ0) is 50.4. The van der Waals surface area contributed by atoms with Gasteiger partial charge in [0, 0.05) is 44.4 Å². The number of carbonyl (C=O) groups excluding carboxylic acids is 2. The molecular formula is C52H82N2O9S4. The van der Waals surface area contributed by atoms with E-state index >= 15 is 0 Å². The molecule has 378 valence electrons. The minimum atomic E-state index is -1.56. The molecule has 4 rings (SSSR count). The number of aliphatic hydroxyl groups excluding tert-OH is 4. The van der Waals surface area contributed by atoms with Crippen LogP contribution >= 0.6 is 34.4 Å². The van der Waals surface area contributed by atoms with Crippen molar-refractivity contribution < 1.29 is 43.7 Å². The highest BCUT2D eigenvalue weighted by Crippen LogP contribution is 2.37. The first-order valence-electron chi connectivity index (χ1n) is 23.9. The van der Waals surface area contributed by atoms with Gasteiger partial charge in [0.25, 0.3) is 0 Å². The van der Waals surface area contributed by atoms with Crippen molar-refractivity contribution in [2.75, 3.05) is 0 Å². The van der Waals surface area contributed by atoms with E-state index in [1.54, 1.807) is 43.4 Å². The third kappa shape index (κ3) is 19.0. The highest BCUT2D eigenvalue weighted by molar-refractivity contribution is 8.01. The summed E-state index contributed by atoms with van der Waals surface area (Å²) in [6, 6.07) is 0. The number of aliphatic hydroxyl groups is 4. The fraction of sp³-hybridized carbons (Fsp3) is 0.692. The number of hydrogen-bond donors (Lipinski definition) is 4. The van der Waals surface area contributed by atoms with Crippen LogP contribution in [-0.2, 0) is 29.9 Å². The minimum Gasteiger partial charge on any atom is -0.457 e. The van der Waals surface area contributed by atoms with Crippen LogP contribution in [0.15, 0.2) is 45.2 Å². The molecule has 11 atom stereocenters. The molecule has 2 aromatic rings. The van der Waals surface area contributed by atoms with E-state index in [0.717, 1.165) is 71.1 Å².